The van der Waals surface area contributed by atoms with E-state index < -0.39 is 0 Å². The van der Waals surface area contributed by atoms with Crippen LogP contribution in [-0.4, -0.2) is 16.2 Å². The molecule has 4 heteroatoms. The summed E-state index contributed by atoms with van der Waals surface area (Å²) in [5, 5.41) is 0.724. The molecule has 0 aliphatic rings. The Morgan fingerprint density at radius 1 is 0.897 bits per heavy atom. The number of aromatic nitrogens is 2. The van der Waals surface area contributed by atoms with Gasteiger partial charge in [0.05, 0.1) is 22.7 Å². The molecular formula is C25H25ClN2O. The van der Waals surface area contributed by atoms with Gasteiger partial charge in [0.15, 0.2) is 0 Å². The summed E-state index contributed by atoms with van der Waals surface area (Å²) in [7, 11) is 0. The summed E-state index contributed by atoms with van der Waals surface area (Å²) < 4.78 is 8.21. The molecule has 0 aliphatic carbocycles. The van der Waals surface area contributed by atoms with Gasteiger partial charge in [-0.15, -0.1) is 0 Å². The van der Waals surface area contributed by atoms with Crippen LogP contribution in [0.25, 0.3) is 22.4 Å². The van der Waals surface area contributed by atoms with E-state index in [1.165, 1.54) is 11.1 Å². The van der Waals surface area contributed by atoms with Gasteiger partial charge in [-0.2, -0.15) is 0 Å². The van der Waals surface area contributed by atoms with Crippen molar-refractivity contribution in [3.63, 3.8) is 0 Å². The van der Waals surface area contributed by atoms with Gasteiger partial charge in [-0.25, -0.2) is 4.98 Å². The third kappa shape index (κ3) is 4.30. The summed E-state index contributed by atoms with van der Waals surface area (Å²) in [5.41, 5.74) is 5.65. The van der Waals surface area contributed by atoms with Gasteiger partial charge in [-0.05, 0) is 74.2 Å². The fourth-order valence-electron chi connectivity index (χ4n) is 3.52. The van der Waals surface area contributed by atoms with E-state index >= 15 is 0 Å². The van der Waals surface area contributed by atoms with Crippen molar-refractivity contribution in [1.29, 1.82) is 0 Å². The lowest BCUT2D eigenvalue weighted by Crippen LogP contribution is -2.04. The van der Waals surface area contributed by atoms with Crippen LogP contribution in [0.15, 0.2) is 66.7 Å². The van der Waals surface area contributed by atoms with E-state index in [1.807, 2.05) is 36.4 Å². The predicted octanol–water partition coefficient (Wildman–Crippen LogP) is 6.83. The van der Waals surface area contributed by atoms with Gasteiger partial charge in [0, 0.05) is 12.1 Å². The van der Waals surface area contributed by atoms with Crippen molar-refractivity contribution in [1.82, 2.24) is 9.55 Å². The number of hydrogen-bond donors (Lipinski definition) is 0. The molecule has 29 heavy (non-hydrogen) atoms. The Morgan fingerprint density at radius 2 is 1.69 bits per heavy atom. The van der Waals surface area contributed by atoms with Gasteiger partial charge in [-0.1, -0.05) is 41.9 Å². The number of halogens is 1. The first-order valence-corrected chi connectivity index (χ1v) is 10.4. The number of imidazole rings is 1. The molecule has 0 saturated heterocycles. The number of ether oxygens (including phenoxy) is 1. The molecule has 0 aliphatic heterocycles. The maximum atomic E-state index is 6.46. The molecule has 0 spiro atoms. The molecule has 0 radical (unpaired) electrons. The summed E-state index contributed by atoms with van der Waals surface area (Å²) in [6.45, 7) is 5.81. The molecule has 0 N–H and O–H groups in total. The molecule has 1 heterocycles. The number of aryl methyl sites for hydroxylation is 3. The number of fused-ring (bicyclic) bond motifs is 1. The Balaban J connectivity index is 1.47. The number of rotatable bonds is 7. The van der Waals surface area contributed by atoms with Crippen LogP contribution in [0.5, 0.6) is 5.75 Å². The van der Waals surface area contributed by atoms with Crippen LogP contribution in [0, 0.1) is 13.8 Å². The topological polar surface area (TPSA) is 27.1 Å². The van der Waals surface area contributed by atoms with Gasteiger partial charge < -0.3 is 9.30 Å². The highest BCUT2D eigenvalue weighted by Crippen LogP contribution is 2.30. The number of benzene rings is 3. The van der Waals surface area contributed by atoms with Crippen LogP contribution in [0.3, 0.4) is 0 Å². The minimum absolute atomic E-state index is 0.705. The summed E-state index contributed by atoms with van der Waals surface area (Å²) in [5.74, 6) is 1.87. The summed E-state index contributed by atoms with van der Waals surface area (Å²) in [6.07, 6.45) is 1.98. The average Bonchev–Trinajstić information content (AvgIpc) is 3.09. The van der Waals surface area contributed by atoms with Crippen LogP contribution in [0.4, 0.5) is 0 Å². The van der Waals surface area contributed by atoms with E-state index in [2.05, 4.69) is 48.7 Å². The molecule has 4 aromatic rings. The highest BCUT2D eigenvalue weighted by molar-refractivity contribution is 6.33. The summed E-state index contributed by atoms with van der Waals surface area (Å²) in [4.78, 5) is 4.86. The van der Waals surface area contributed by atoms with E-state index in [4.69, 9.17) is 21.3 Å². The largest absolute Gasteiger partial charge is 0.494 e. The minimum atomic E-state index is 0.705. The SMILES string of the molecule is Cc1ccc(OCCCCn2c(-c3ccccc3Cl)nc3ccccc32)cc1C. The van der Waals surface area contributed by atoms with Crippen LogP contribution < -0.4 is 4.74 Å². The molecule has 0 fully saturated rings. The third-order valence-corrected chi connectivity index (χ3v) is 5.62. The Hall–Kier alpha value is -2.78. The van der Waals surface area contributed by atoms with Crippen molar-refractivity contribution in [3.05, 3.63) is 82.9 Å². The second-order valence-electron chi connectivity index (χ2n) is 7.36. The minimum Gasteiger partial charge on any atom is -0.494 e. The van der Waals surface area contributed by atoms with Gasteiger partial charge in [-0.3, -0.25) is 0 Å². The number of unbranched alkanes of at least 4 members (excludes halogenated alkanes) is 1. The fraction of sp³-hybridized carbons (Fsp3) is 0.240. The van der Waals surface area contributed by atoms with Gasteiger partial charge in [0.1, 0.15) is 11.6 Å². The molecule has 1 aromatic heterocycles. The van der Waals surface area contributed by atoms with Gasteiger partial charge >= 0.3 is 0 Å². The van der Waals surface area contributed by atoms with E-state index in [1.54, 1.807) is 0 Å². The van der Waals surface area contributed by atoms with Crippen LogP contribution in [-0.2, 0) is 6.54 Å². The predicted molar refractivity (Wildman–Crippen MR) is 121 cm³/mol. The van der Waals surface area contributed by atoms with Crippen LogP contribution >= 0.6 is 11.6 Å². The number of para-hydroxylation sites is 2. The van der Waals surface area contributed by atoms with Crippen molar-refractivity contribution in [2.75, 3.05) is 6.61 Å². The molecule has 0 saturated carbocycles. The molecule has 0 amide bonds. The first-order chi connectivity index (χ1) is 14.1. The monoisotopic (exact) mass is 404 g/mol. The second kappa shape index (κ2) is 8.71. The molecule has 0 bridgehead atoms. The zero-order valence-electron chi connectivity index (χ0n) is 16.9. The number of hydrogen-bond acceptors (Lipinski definition) is 2. The Morgan fingerprint density at radius 3 is 2.52 bits per heavy atom. The van der Waals surface area contributed by atoms with E-state index in [0.717, 1.165) is 52.6 Å². The van der Waals surface area contributed by atoms with Crippen molar-refractivity contribution in [3.8, 4) is 17.1 Å². The van der Waals surface area contributed by atoms with Crippen LogP contribution in [0.1, 0.15) is 24.0 Å². The molecule has 0 unspecified atom stereocenters. The standard InChI is InChI=1S/C25H25ClN2O/c1-18-13-14-20(17-19(18)2)29-16-8-7-15-28-24-12-6-5-11-23(24)27-25(28)21-9-3-4-10-22(21)26/h3-6,9-14,17H,7-8,15-16H2,1-2H3. The molecule has 0 atom stereocenters. The van der Waals surface area contributed by atoms with Crippen LogP contribution in [0.2, 0.25) is 5.02 Å². The fourth-order valence-corrected chi connectivity index (χ4v) is 3.74. The van der Waals surface area contributed by atoms with Gasteiger partial charge in [0.25, 0.3) is 0 Å². The van der Waals surface area contributed by atoms with Crippen molar-refractivity contribution in [2.24, 2.45) is 0 Å². The zero-order chi connectivity index (χ0) is 20.2. The van der Waals surface area contributed by atoms with E-state index in [9.17, 15) is 0 Å². The maximum Gasteiger partial charge on any atom is 0.142 e. The zero-order valence-corrected chi connectivity index (χ0v) is 17.6. The Bertz CT molecular complexity index is 1130. The third-order valence-electron chi connectivity index (χ3n) is 5.29. The summed E-state index contributed by atoms with van der Waals surface area (Å²) in [6, 6.07) is 22.4. The maximum absolute atomic E-state index is 6.46. The van der Waals surface area contributed by atoms with Crippen molar-refractivity contribution in [2.45, 2.75) is 33.2 Å². The van der Waals surface area contributed by atoms with E-state index in [0.29, 0.717) is 6.61 Å². The van der Waals surface area contributed by atoms with Gasteiger partial charge in [0.2, 0.25) is 0 Å². The first kappa shape index (κ1) is 19.5. The molecule has 3 nitrogen and oxygen atoms in total. The molecule has 148 valence electrons. The highest BCUT2D eigenvalue weighted by Gasteiger charge is 2.14. The summed E-state index contributed by atoms with van der Waals surface area (Å²) >= 11 is 6.46. The van der Waals surface area contributed by atoms with Crippen molar-refractivity contribution < 1.29 is 4.74 Å². The Kier molecular flexibility index (Phi) is 5.86. The molecule has 4 rings (SSSR count). The average molecular weight is 405 g/mol. The highest BCUT2D eigenvalue weighted by atomic mass is 35.5. The van der Waals surface area contributed by atoms with E-state index in [-0.39, 0.29) is 0 Å². The lowest BCUT2D eigenvalue weighted by Gasteiger charge is -2.11. The Labute approximate surface area is 176 Å². The lowest BCUT2D eigenvalue weighted by atomic mass is 10.1. The van der Waals surface area contributed by atoms with Crippen molar-refractivity contribution >= 4 is 22.6 Å². The normalized spacial score (nSPS) is 11.1. The smallest absolute Gasteiger partial charge is 0.142 e. The lowest BCUT2D eigenvalue weighted by molar-refractivity contribution is 0.303. The first-order valence-electron chi connectivity index (χ1n) is 10.0. The quantitative estimate of drug-likeness (QED) is 0.315. The molecular weight excluding hydrogens is 380 g/mol. The number of nitrogens with zero attached hydrogens (tertiary/aromatic N) is 2. The molecule has 3 aromatic carbocycles. The second-order valence-corrected chi connectivity index (χ2v) is 7.76.